The summed E-state index contributed by atoms with van der Waals surface area (Å²) in [7, 11) is 1.91. The molecule has 2 saturated heterocycles. The van der Waals surface area contributed by atoms with E-state index >= 15 is 0 Å². The van der Waals surface area contributed by atoms with Crippen molar-refractivity contribution in [1.82, 2.24) is 21.1 Å². The molecule has 0 bridgehead atoms. The third-order valence-electron chi connectivity index (χ3n) is 5.29. The second-order valence-electron chi connectivity index (χ2n) is 7.29. The van der Waals surface area contributed by atoms with Crippen LogP contribution in [0.15, 0.2) is 24.3 Å². The van der Waals surface area contributed by atoms with Crippen LogP contribution < -0.4 is 16.2 Å². The Morgan fingerprint density at radius 1 is 1.23 bits per heavy atom. The first kappa shape index (κ1) is 21.1. The van der Waals surface area contributed by atoms with Crippen molar-refractivity contribution in [2.45, 2.75) is 44.2 Å². The molecule has 2 fully saturated rings. The van der Waals surface area contributed by atoms with Gasteiger partial charge in [0.2, 0.25) is 5.91 Å². The summed E-state index contributed by atoms with van der Waals surface area (Å²) in [5.41, 5.74) is 7.60. The van der Waals surface area contributed by atoms with Gasteiger partial charge in [0, 0.05) is 38.8 Å². The zero-order valence-corrected chi connectivity index (χ0v) is 16.2. The van der Waals surface area contributed by atoms with Crippen molar-refractivity contribution in [2.75, 3.05) is 26.7 Å². The predicted molar refractivity (Wildman–Crippen MR) is 104 cm³/mol. The van der Waals surface area contributed by atoms with Crippen LogP contribution in [0.5, 0.6) is 0 Å². The monoisotopic (exact) mass is 384 g/mol. The number of carbonyl (C=O) groups excluding carboxylic acids is 1. The highest BCUT2D eigenvalue weighted by atomic mass is 35.5. The second-order valence-corrected chi connectivity index (χ2v) is 7.29. The number of hydrazine groups is 1. The minimum atomic E-state index is -0.181. The van der Waals surface area contributed by atoms with Crippen LogP contribution in [0.25, 0.3) is 0 Å². The van der Waals surface area contributed by atoms with Crippen LogP contribution in [-0.4, -0.2) is 43.5 Å². The molecule has 0 spiro atoms. The zero-order valence-electron chi connectivity index (χ0n) is 15.3. The van der Waals surface area contributed by atoms with E-state index in [1.807, 2.05) is 18.0 Å². The highest BCUT2D eigenvalue weighted by molar-refractivity contribution is 5.85. The van der Waals surface area contributed by atoms with Gasteiger partial charge in [-0.1, -0.05) is 25.0 Å². The van der Waals surface area contributed by atoms with Gasteiger partial charge < -0.3 is 10.2 Å². The van der Waals surface area contributed by atoms with Crippen LogP contribution in [0.4, 0.5) is 4.39 Å². The highest BCUT2D eigenvalue weighted by Crippen LogP contribution is 2.25. The number of benzene rings is 1. The van der Waals surface area contributed by atoms with Crippen LogP contribution in [-0.2, 0) is 4.79 Å². The summed E-state index contributed by atoms with van der Waals surface area (Å²) in [6.07, 6.45) is 5.40. The largest absolute Gasteiger partial charge is 0.345 e. The lowest BCUT2D eigenvalue weighted by atomic mass is 9.98. The molecule has 2 unspecified atom stereocenters. The van der Waals surface area contributed by atoms with Crippen molar-refractivity contribution in [1.29, 1.82) is 0 Å². The number of unbranched alkanes of at least 4 members (excludes halogenated alkanes) is 2. The summed E-state index contributed by atoms with van der Waals surface area (Å²) < 4.78 is 13.3. The topological polar surface area (TPSA) is 56.4 Å². The average Bonchev–Trinajstić information content (AvgIpc) is 3.01. The number of nitrogens with zero attached hydrogens (tertiary/aromatic N) is 1. The van der Waals surface area contributed by atoms with Gasteiger partial charge in [0.1, 0.15) is 5.82 Å². The first-order valence-electron chi connectivity index (χ1n) is 9.35. The van der Waals surface area contributed by atoms with Crippen LogP contribution >= 0.6 is 12.4 Å². The number of carbonyl (C=O) groups is 1. The van der Waals surface area contributed by atoms with Crippen molar-refractivity contribution in [3.05, 3.63) is 35.6 Å². The molecule has 26 heavy (non-hydrogen) atoms. The van der Waals surface area contributed by atoms with Crippen molar-refractivity contribution < 1.29 is 9.18 Å². The second kappa shape index (κ2) is 10.2. The maximum absolute atomic E-state index is 13.3. The minimum absolute atomic E-state index is 0. The van der Waals surface area contributed by atoms with Gasteiger partial charge in [-0.05, 0) is 37.0 Å². The summed E-state index contributed by atoms with van der Waals surface area (Å²) in [5.74, 6) is 0.288. The molecule has 7 heteroatoms. The molecule has 2 atom stereocenters. The van der Waals surface area contributed by atoms with E-state index in [-0.39, 0.29) is 36.1 Å². The number of nitrogens with one attached hydrogen (secondary N) is 3. The van der Waals surface area contributed by atoms with Crippen molar-refractivity contribution >= 4 is 18.3 Å². The van der Waals surface area contributed by atoms with Crippen LogP contribution in [0.2, 0.25) is 0 Å². The van der Waals surface area contributed by atoms with Crippen molar-refractivity contribution in [2.24, 2.45) is 5.92 Å². The minimum Gasteiger partial charge on any atom is -0.345 e. The van der Waals surface area contributed by atoms with Gasteiger partial charge in [-0.3, -0.25) is 15.6 Å². The molecule has 0 aliphatic carbocycles. The molecule has 1 aromatic carbocycles. The summed E-state index contributed by atoms with van der Waals surface area (Å²) >= 11 is 0. The van der Waals surface area contributed by atoms with E-state index in [0.29, 0.717) is 6.04 Å². The standard InChI is InChI=1S/C19H29FN4O.ClH/c1-24(19(25)15-12-21-13-15)9-4-2-3-8-17-11-18(23-22-17)14-6-5-7-16(20)10-14;/h5-7,10,15,17-18,21-23H,2-4,8-9,11-13H2,1H3;1H. The molecule has 3 N–H and O–H groups in total. The lowest BCUT2D eigenvalue weighted by Gasteiger charge is -2.30. The molecule has 146 valence electrons. The Bertz CT molecular complexity index is 584. The highest BCUT2D eigenvalue weighted by Gasteiger charge is 2.27. The Labute approximate surface area is 161 Å². The van der Waals surface area contributed by atoms with E-state index in [1.54, 1.807) is 12.1 Å². The smallest absolute Gasteiger partial charge is 0.227 e. The van der Waals surface area contributed by atoms with Gasteiger partial charge in [-0.2, -0.15) is 0 Å². The van der Waals surface area contributed by atoms with Crippen molar-refractivity contribution in [3.63, 3.8) is 0 Å². The third kappa shape index (κ3) is 5.64. The van der Waals surface area contributed by atoms with E-state index in [0.717, 1.165) is 57.3 Å². The molecule has 5 nitrogen and oxygen atoms in total. The van der Waals surface area contributed by atoms with Gasteiger partial charge in [-0.15, -0.1) is 12.4 Å². The zero-order chi connectivity index (χ0) is 17.6. The maximum atomic E-state index is 13.3. The van der Waals surface area contributed by atoms with Gasteiger partial charge >= 0.3 is 0 Å². The van der Waals surface area contributed by atoms with Gasteiger partial charge in [0.25, 0.3) is 0 Å². The summed E-state index contributed by atoms with van der Waals surface area (Å²) in [6.45, 7) is 2.50. The summed E-state index contributed by atoms with van der Waals surface area (Å²) in [5, 5.41) is 3.14. The van der Waals surface area contributed by atoms with E-state index in [2.05, 4.69) is 16.2 Å². The Hall–Kier alpha value is -1.21. The Morgan fingerprint density at radius 3 is 2.73 bits per heavy atom. The lowest BCUT2D eigenvalue weighted by molar-refractivity contribution is -0.135. The quantitative estimate of drug-likeness (QED) is 0.602. The summed E-state index contributed by atoms with van der Waals surface area (Å²) in [4.78, 5) is 13.9. The molecule has 0 radical (unpaired) electrons. The molecule has 0 aromatic heterocycles. The Balaban J connectivity index is 0.00000243. The van der Waals surface area contributed by atoms with E-state index in [4.69, 9.17) is 0 Å². The fraction of sp³-hybridized carbons (Fsp3) is 0.632. The number of rotatable bonds is 8. The van der Waals surface area contributed by atoms with E-state index in [9.17, 15) is 9.18 Å². The molecule has 1 aromatic rings. The summed E-state index contributed by atoms with van der Waals surface area (Å²) in [6, 6.07) is 7.42. The fourth-order valence-electron chi connectivity index (χ4n) is 3.56. The normalized spacial score (nSPS) is 22.5. The SMILES string of the molecule is CN(CCCCCC1CC(c2cccc(F)c2)NN1)C(=O)C1CNC1.Cl. The molecule has 2 aliphatic heterocycles. The Morgan fingerprint density at radius 2 is 2.04 bits per heavy atom. The molecular formula is C19H30ClFN4O. The number of amides is 1. The number of hydrogen-bond donors (Lipinski definition) is 3. The predicted octanol–water partition coefficient (Wildman–Crippen LogP) is 2.39. The molecular weight excluding hydrogens is 355 g/mol. The Kier molecular flexibility index (Phi) is 8.28. The van der Waals surface area contributed by atoms with E-state index in [1.165, 1.54) is 6.07 Å². The molecule has 1 amide bonds. The van der Waals surface area contributed by atoms with Crippen LogP contribution in [0.1, 0.15) is 43.7 Å². The van der Waals surface area contributed by atoms with Crippen LogP contribution in [0, 0.1) is 11.7 Å². The molecule has 3 rings (SSSR count). The number of halogens is 2. The first-order chi connectivity index (χ1) is 12.1. The molecule has 2 aliphatic rings. The van der Waals surface area contributed by atoms with Gasteiger partial charge in [-0.25, -0.2) is 4.39 Å². The van der Waals surface area contributed by atoms with E-state index < -0.39 is 0 Å². The maximum Gasteiger partial charge on any atom is 0.227 e. The van der Waals surface area contributed by atoms with Crippen molar-refractivity contribution in [3.8, 4) is 0 Å². The number of hydrogen-bond acceptors (Lipinski definition) is 4. The van der Waals surface area contributed by atoms with Gasteiger partial charge in [0.05, 0.1) is 5.92 Å². The average molecular weight is 385 g/mol. The van der Waals surface area contributed by atoms with Crippen LogP contribution in [0.3, 0.4) is 0 Å². The fourth-order valence-corrected chi connectivity index (χ4v) is 3.56. The third-order valence-corrected chi connectivity index (χ3v) is 5.29. The first-order valence-corrected chi connectivity index (χ1v) is 9.35. The molecule has 2 heterocycles. The lowest BCUT2D eigenvalue weighted by Crippen LogP contribution is -2.51. The van der Waals surface area contributed by atoms with Gasteiger partial charge in [0.15, 0.2) is 0 Å². The molecule has 0 saturated carbocycles.